The van der Waals surface area contributed by atoms with E-state index in [1.165, 1.54) is 0 Å². The van der Waals surface area contributed by atoms with Crippen molar-refractivity contribution in [2.45, 2.75) is 0 Å². The van der Waals surface area contributed by atoms with Crippen molar-refractivity contribution in [2.75, 3.05) is 27.2 Å². The van der Waals surface area contributed by atoms with Crippen molar-refractivity contribution in [1.29, 1.82) is 0 Å². The van der Waals surface area contributed by atoms with E-state index < -0.39 is 0 Å². The number of pyridine rings is 1. The van der Waals surface area contributed by atoms with Crippen LogP contribution >= 0.6 is 22.6 Å². The van der Waals surface area contributed by atoms with Crippen molar-refractivity contribution in [3.8, 4) is 0 Å². The molecule has 0 aliphatic heterocycles. The Hall–Kier alpha value is -0.690. The largest absolute Gasteiger partial charge is 0.351 e. The standard InChI is InChI=1S/C10H14IN3O/c1-14(2)6-5-12-10(15)8-3-4-9(11)13-7-8/h3-4,7H,5-6H2,1-2H3,(H,12,15)/i11+4. The van der Waals surface area contributed by atoms with Gasteiger partial charge in [0.15, 0.2) is 0 Å². The zero-order valence-corrected chi connectivity index (χ0v) is 11.0. The molecule has 0 aromatic carbocycles. The summed E-state index contributed by atoms with van der Waals surface area (Å²) >= 11 is 2.11. The van der Waals surface area contributed by atoms with Crippen LogP contribution in [0.5, 0.6) is 0 Å². The van der Waals surface area contributed by atoms with E-state index in [1.807, 2.05) is 25.1 Å². The average molecular weight is 323 g/mol. The molecular weight excluding hydrogens is 309 g/mol. The zero-order chi connectivity index (χ0) is 11.3. The van der Waals surface area contributed by atoms with Gasteiger partial charge in [0, 0.05) is 19.3 Å². The molecule has 5 heteroatoms. The van der Waals surface area contributed by atoms with Crippen LogP contribution in [0, 0.1) is 3.70 Å². The van der Waals surface area contributed by atoms with E-state index in [0.717, 1.165) is 10.2 Å². The van der Waals surface area contributed by atoms with E-state index in [4.69, 9.17) is 0 Å². The Kier molecular flexibility index (Phi) is 4.97. The van der Waals surface area contributed by atoms with Crippen LogP contribution in [-0.4, -0.2) is 43.0 Å². The van der Waals surface area contributed by atoms with Gasteiger partial charge in [-0.05, 0) is 48.8 Å². The van der Waals surface area contributed by atoms with Crippen LogP contribution in [0.25, 0.3) is 0 Å². The first-order valence-electron chi connectivity index (χ1n) is 4.64. The SMILES string of the molecule is CN(C)CCNC(=O)c1ccc([131I])nc1. The Morgan fingerprint density at radius 1 is 1.53 bits per heavy atom. The van der Waals surface area contributed by atoms with Crippen molar-refractivity contribution < 1.29 is 4.79 Å². The molecule has 0 spiro atoms. The number of hydrogen-bond acceptors (Lipinski definition) is 3. The minimum Gasteiger partial charge on any atom is -0.351 e. The summed E-state index contributed by atoms with van der Waals surface area (Å²) in [4.78, 5) is 17.6. The summed E-state index contributed by atoms with van der Waals surface area (Å²) < 4.78 is 0.887. The Bertz CT molecular complexity index is 324. The molecule has 1 amide bonds. The molecule has 0 aliphatic rings. The highest BCUT2D eigenvalue weighted by Crippen LogP contribution is 2.02. The number of carbonyl (C=O) groups is 1. The minimum atomic E-state index is -0.0687. The van der Waals surface area contributed by atoms with Crippen molar-refractivity contribution in [2.24, 2.45) is 0 Å². The molecular formula is C10H14IN3O. The minimum absolute atomic E-state index is 0.0687. The van der Waals surface area contributed by atoms with Gasteiger partial charge in [0.1, 0.15) is 3.70 Å². The van der Waals surface area contributed by atoms with Crippen LogP contribution in [0.15, 0.2) is 18.3 Å². The number of nitrogens with one attached hydrogen (secondary N) is 1. The molecule has 1 heterocycles. The second-order valence-electron chi connectivity index (χ2n) is 3.43. The zero-order valence-electron chi connectivity index (χ0n) is 8.83. The highest BCUT2D eigenvalue weighted by Gasteiger charge is 2.04. The molecule has 82 valence electrons. The lowest BCUT2D eigenvalue weighted by Gasteiger charge is -2.10. The molecule has 1 rings (SSSR count). The average Bonchev–Trinajstić information content (AvgIpc) is 2.18. The van der Waals surface area contributed by atoms with E-state index in [0.29, 0.717) is 12.1 Å². The third-order valence-electron chi connectivity index (χ3n) is 1.83. The molecule has 15 heavy (non-hydrogen) atoms. The van der Waals surface area contributed by atoms with Crippen LogP contribution in [0.4, 0.5) is 0 Å². The van der Waals surface area contributed by atoms with Gasteiger partial charge < -0.3 is 10.2 Å². The molecule has 0 radical (unpaired) electrons. The van der Waals surface area contributed by atoms with Crippen molar-refractivity contribution in [3.05, 3.63) is 27.6 Å². The number of rotatable bonds is 4. The maximum Gasteiger partial charge on any atom is 0.252 e. The lowest BCUT2D eigenvalue weighted by molar-refractivity contribution is 0.0950. The maximum absolute atomic E-state index is 11.6. The lowest BCUT2D eigenvalue weighted by Crippen LogP contribution is -2.31. The fourth-order valence-corrected chi connectivity index (χ4v) is 1.32. The van der Waals surface area contributed by atoms with Crippen molar-refractivity contribution in [3.63, 3.8) is 0 Å². The molecule has 0 aliphatic carbocycles. The van der Waals surface area contributed by atoms with E-state index in [9.17, 15) is 4.79 Å². The summed E-state index contributed by atoms with van der Waals surface area (Å²) in [5, 5.41) is 2.83. The Balaban J connectivity index is 2.43. The Morgan fingerprint density at radius 2 is 2.27 bits per heavy atom. The van der Waals surface area contributed by atoms with Gasteiger partial charge in [0.05, 0.1) is 5.56 Å². The fraction of sp³-hybridized carbons (Fsp3) is 0.400. The Labute approximate surface area is 103 Å². The summed E-state index contributed by atoms with van der Waals surface area (Å²) in [7, 11) is 3.94. The number of aromatic nitrogens is 1. The molecule has 1 N–H and O–H groups in total. The smallest absolute Gasteiger partial charge is 0.252 e. The van der Waals surface area contributed by atoms with Gasteiger partial charge in [-0.3, -0.25) is 4.79 Å². The van der Waals surface area contributed by atoms with Crippen LogP contribution in [0.2, 0.25) is 0 Å². The highest BCUT2D eigenvalue weighted by atomic mass is 131. The van der Waals surface area contributed by atoms with E-state index in [-0.39, 0.29) is 5.91 Å². The lowest BCUT2D eigenvalue weighted by atomic mass is 10.3. The Morgan fingerprint density at radius 3 is 2.80 bits per heavy atom. The molecule has 0 saturated carbocycles. The maximum atomic E-state index is 11.6. The van der Waals surface area contributed by atoms with Gasteiger partial charge in [-0.2, -0.15) is 0 Å². The number of likely N-dealkylation sites (N-methyl/N-ethyl adjacent to an activating group) is 1. The second kappa shape index (κ2) is 6.02. The van der Waals surface area contributed by atoms with Crippen LogP contribution in [0.1, 0.15) is 10.4 Å². The van der Waals surface area contributed by atoms with E-state index in [1.54, 1.807) is 12.3 Å². The van der Waals surface area contributed by atoms with Crippen molar-refractivity contribution >= 4 is 28.5 Å². The number of carbonyl (C=O) groups excluding carboxylic acids is 1. The summed E-state index contributed by atoms with van der Waals surface area (Å²) in [5.74, 6) is -0.0687. The summed E-state index contributed by atoms with van der Waals surface area (Å²) in [6.07, 6.45) is 1.59. The molecule has 0 fully saturated rings. The molecule has 0 saturated heterocycles. The van der Waals surface area contributed by atoms with Gasteiger partial charge in [0.25, 0.3) is 5.91 Å². The van der Waals surface area contributed by atoms with E-state index >= 15 is 0 Å². The highest BCUT2D eigenvalue weighted by molar-refractivity contribution is 14.1. The van der Waals surface area contributed by atoms with Gasteiger partial charge in [0.2, 0.25) is 0 Å². The molecule has 4 nitrogen and oxygen atoms in total. The van der Waals surface area contributed by atoms with Gasteiger partial charge >= 0.3 is 0 Å². The summed E-state index contributed by atoms with van der Waals surface area (Å²) in [6, 6.07) is 3.60. The third kappa shape index (κ3) is 4.57. The predicted octanol–water partition coefficient (Wildman–Crippen LogP) is 0.978. The van der Waals surface area contributed by atoms with Crippen LogP contribution < -0.4 is 5.32 Å². The third-order valence-corrected chi connectivity index (χ3v) is 2.47. The molecule has 0 bridgehead atoms. The quantitative estimate of drug-likeness (QED) is 0.664. The fourth-order valence-electron chi connectivity index (χ4n) is 1.01. The van der Waals surface area contributed by atoms with Gasteiger partial charge in [-0.15, -0.1) is 0 Å². The topological polar surface area (TPSA) is 45.2 Å². The molecule has 0 unspecified atom stereocenters. The van der Waals surface area contributed by atoms with Gasteiger partial charge in [-0.1, -0.05) is 0 Å². The summed E-state index contributed by atoms with van der Waals surface area (Å²) in [5.41, 5.74) is 0.606. The van der Waals surface area contributed by atoms with Crippen LogP contribution in [-0.2, 0) is 0 Å². The first-order valence-corrected chi connectivity index (χ1v) is 5.72. The van der Waals surface area contributed by atoms with Crippen molar-refractivity contribution in [1.82, 2.24) is 15.2 Å². The first-order chi connectivity index (χ1) is 7.09. The number of amides is 1. The van der Waals surface area contributed by atoms with Gasteiger partial charge in [-0.25, -0.2) is 4.98 Å². The molecule has 1 aromatic rings. The molecule has 1 aromatic heterocycles. The predicted molar refractivity (Wildman–Crippen MR) is 67.8 cm³/mol. The normalized spacial score (nSPS) is 10.4. The molecule has 0 atom stereocenters. The number of hydrogen-bond donors (Lipinski definition) is 1. The summed E-state index contributed by atoms with van der Waals surface area (Å²) in [6.45, 7) is 1.49. The first kappa shape index (κ1) is 12.4. The van der Waals surface area contributed by atoms with Crippen LogP contribution in [0.3, 0.4) is 0 Å². The van der Waals surface area contributed by atoms with E-state index in [2.05, 4.69) is 32.9 Å². The number of halogens is 1. The number of nitrogens with zero attached hydrogens (tertiary/aromatic N) is 2. The second-order valence-corrected chi connectivity index (χ2v) is 4.53. The monoisotopic (exact) mass is 323 g/mol.